The number of allylic oxidation sites excluding steroid dienone is 1. The average molecular weight is 381 g/mol. The van der Waals surface area contributed by atoms with Crippen molar-refractivity contribution >= 4 is 11.8 Å². The highest BCUT2D eigenvalue weighted by atomic mass is 16.6. The molecule has 28 heavy (non-hydrogen) atoms. The maximum atomic E-state index is 12.3. The van der Waals surface area contributed by atoms with Gasteiger partial charge in [0.05, 0.1) is 12.9 Å². The predicted molar refractivity (Wildman–Crippen MR) is 107 cm³/mol. The molecule has 2 aromatic rings. The zero-order valence-corrected chi connectivity index (χ0v) is 16.6. The number of carbonyl (C=O) groups is 1. The summed E-state index contributed by atoms with van der Waals surface area (Å²) in [7, 11) is 0. The van der Waals surface area contributed by atoms with Gasteiger partial charge in [0.25, 0.3) is 0 Å². The Morgan fingerprint density at radius 1 is 1.21 bits per heavy atom. The Labute approximate surface area is 165 Å². The van der Waals surface area contributed by atoms with Crippen LogP contribution in [0.5, 0.6) is 0 Å². The molecule has 0 radical (unpaired) electrons. The number of hydrogen-bond donors (Lipinski definition) is 1. The first-order chi connectivity index (χ1) is 13.5. The summed E-state index contributed by atoms with van der Waals surface area (Å²) in [5.41, 5.74) is 1.79. The Kier molecular flexibility index (Phi) is 5.02. The number of benzene rings is 1. The summed E-state index contributed by atoms with van der Waals surface area (Å²) in [6.07, 6.45) is 3.46. The van der Waals surface area contributed by atoms with Crippen molar-refractivity contribution in [2.24, 2.45) is 23.2 Å². The Balaban J connectivity index is 1.51. The topological polar surface area (TPSA) is 60.7 Å². The van der Waals surface area contributed by atoms with Gasteiger partial charge >= 0.3 is 6.09 Å². The Bertz CT molecular complexity index is 845. The number of anilines is 1. The third-order valence-electron chi connectivity index (χ3n) is 6.56. The van der Waals surface area contributed by atoms with E-state index in [1.54, 1.807) is 6.26 Å². The zero-order valence-electron chi connectivity index (χ0n) is 16.6. The van der Waals surface area contributed by atoms with Crippen molar-refractivity contribution in [3.05, 3.63) is 66.1 Å². The van der Waals surface area contributed by atoms with Crippen LogP contribution in [0.4, 0.5) is 10.5 Å². The fourth-order valence-corrected chi connectivity index (χ4v) is 4.84. The van der Waals surface area contributed by atoms with Crippen molar-refractivity contribution in [2.75, 3.05) is 18.5 Å². The van der Waals surface area contributed by atoms with Crippen molar-refractivity contribution in [3.63, 3.8) is 0 Å². The second-order valence-electron chi connectivity index (χ2n) is 8.06. The number of amides is 1. The zero-order chi connectivity index (χ0) is 19.7. The standard InChI is InChI=1S/C23H27NO4/c1-15-12-16(2)23(14-28-22(25)24-18-8-5-4-6-9-18)13-27-21(20(15)17(23)3)19-10-7-11-26-19/h4-12,16-17,20-21H,13-14H2,1-3H3,(H,24,25)/t16-,17+,20-,21-,23+/m0/s1. The van der Waals surface area contributed by atoms with E-state index in [-0.39, 0.29) is 23.4 Å². The van der Waals surface area contributed by atoms with Gasteiger partial charge in [0, 0.05) is 17.0 Å². The molecule has 2 bridgehead atoms. The summed E-state index contributed by atoms with van der Waals surface area (Å²) in [6, 6.07) is 13.2. The van der Waals surface area contributed by atoms with Crippen molar-refractivity contribution in [2.45, 2.75) is 26.9 Å². The van der Waals surface area contributed by atoms with E-state index in [1.165, 1.54) is 5.57 Å². The second-order valence-corrected chi connectivity index (χ2v) is 8.06. The highest BCUT2D eigenvalue weighted by molar-refractivity contribution is 5.84. The Morgan fingerprint density at radius 3 is 2.71 bits per heavy atom. The lowest BCUT2D eigenvalue weighted by atomic mass is 9.56. The van der Waals surface area contributed by atoms with Crippen LogP contribution < -0.4 is 5.32 Å². The van der Waals surface area contributed by atoms with Crippen LogP contribution in [-0.2, 0) is 9.47 Å². The number of nitrogens with one attached hydrogen (secondary N) is 1. The number of para-hydroxylation sites is 1. The molecule has 5 nitrogen and oxygen atoms in total. The Morgan fingerprint density at radius 2 is 2.00 bits per heavy atom. The lowest BCUT2D eigenvalue weighted by molar-refractivity contribution is -0.169. The minimum absolute atomic E-state index is 0.0972. The van der Waals surface area contributed by atoms with E-state index < -0.39 is 6.09 Å². The highest BCUT2D eigenvalue weighted by Gasteiger charge is 2.55. The van der Waals surface area contributed by atoms with Crippen LogP contribution in [0.1, 0.15) is 32.6 Å². The molecule has 2 aliphatic rings. The SMILES string of the molecule is CC1=C[C@H](C)[C@]2(COC(=O)Nc3ccccc3)CO[C@@H](c3ccco3)[C@@H]1[C@H]2C. The van der Waals surface area contributed by atoms with Crippen LogP contribution in [0.3, 0.4) is 0 Å². The fourth-order valence-electron chi connectivity index (χ4n) is 4.84. The average Bonchev–Trinajstić information content (AvgIpc) is 3.21. The van der Waals surface area contributed by atoms with Gasteiger partial charge in [-0.2, -0.15) is 0 Å². The Hall–Kier alpha value is -2.53. The van der Waals surface area contributed by atoms with E-state index in [4.69, 9.17) is 13.9 Å². The lowest BCUT2D eigenvalue weighted by Gasteiger charge is -2.54. The molecule has 1 aliphatic carbocycles. The number of fused-ring (bicyclic) bond motifs is 2. The molecule has 1 aromatic carbocycles. The smallest absolute Gasteiger partial charge is 0.411 e. The van der Waals surface area contributed by atoms with Gasteiger partial charge in [-0.25, -0.2) is 4.79 Å². The minimum atomic E-state index is -0.434. The molecule has 0 spiro atoms. The van der Waals surface area contributed by atoms with Crippen LogP contribution >= 0.6 is 0 Å². The van der Waals surface area contributed by atoms with Crippen LogP contribution in [0.25, 0.3) is 0 Å². The molecule has 148 valence electrons. The summed E-state index contributed by atoms with van der Waals surface area (Å²) in [4.78, 5) is 12.3. The van der Waals surface area contributed by atoms with Gasteiger partial charge < -0.3 is 13.9 Å². The summed E-state index contributed by atoms with van der Waals surface area (Å²) in [6.45, 7) is 7.44. The molecular weight excluding hydrogens is 354 g/mol. The number of hydrogen-bond acceptors (Lipinski definition) is 4. The van der Waals surface area contributed by atoms with Crippen molar-refractivity contribution in [3.8, 4) is 0 Å². The quantitative estimate of drug-likeness (QED) is 0.717. The first kappa shape index (κ1) is 18.8. The van der Waals surface area contributed by atoms with Gasteiger partial charge in [0.2, 0.25) is 0 Å². The summed E-state index contributed by atoms with van der Waals surface area (Å²) >= 11 is 0. The van der Waals surface area contributed by atoms with E-state index in [1.807, 2.05) is 42.5 Å². The first-order valence-electron chi connectivity index (χ1n) is 9.83. The molecule has 0 saturated carbocycles. The fraction of sp³-hybridized carbons (Fsp3) is 0.435. The van der Waals surface area contributed by atoms with E-state index in [0.717, 1.165) is 11.4 Å². The van der Waals surface area contributed by atoms with Gasteiger partial charge in [-0.1, -0.05) is 43.7 Å². The van der Waals surface area contributed by atoms with E-state index in [2.05, 4.69) is 32.2 Å². The van der Waals surface area contributed by atoms with E-state index >= 15 is 0 Å². The molecule has 4 rings (SSSR count). The number of furan rings is 1. The molecule has 0 unspecified atom stereocenters. The molecule has 1 aromatic heterocycles. The third kappa shape index (κ3) is 3.24. The van der Waals surface area contributed by atoms with Crippen LogP contribution in [0.2, 0.25) is 0 Å². The predicted octanol–water partition coefficient (Wildman–Crippen LogP) is 5.43. The van der Waals surface area contributed by atoms with Crippen molar-refractivity contribution in [1.29, 1.82) is 0 Å². The van der Waals surface area contributed by atoms with Crippen molar-refractivity contribution < 1.29 is 18.7 Å². The molecular formula is C23H27NO4. The molecule has 1 saturated heterocycles. The molecule has 1 amide bonds. The van der Waals surface area contributed by atoms with Crippen LogP contribution in [0, 0.1) is 23.2 Å². The highest BCUT2D eigenvalue weighted by Crippen LogP contribution is 2.56. The van der Waals surface area contributed by atoms with E-state index in [0.29, 0.717) is 19.1 Å². The largest absolute Gasteiger partial charge is 0.467 e. The van der Waals surface area contributed by atoms with Crippen LogP contribution in [-0.4, -0.2) is 19.3 Å². The molecule has 5 atom stereocenters. The molecule has 2 heterocycles. The number of ether oxygens (including phenoxy) is 2. The normalized spacial score (nSPS) is 31.8. The molecule has 1 aliphatic heterocycles. The summed E-state index contributed by atoms with van der Waals surface area (Å²) < 4.78 is 17.6. The number of carbonyl (C=O) groups excluding carboxylic acids is 1. The lowest BCUT2D eigenvalue weighted by Crippen LogP contribution is -2.54. The second kappa shape index (κ2) is 7.47. The maximum absolute atomic E-state index is 12.3. The van der Waals surface area contributed by atoms with Gasteiger partial charge in [-0.15, -0.1) is 0 Å². The maximum Gasteiger partial charge on any atom is 0.411 e. The summed E-state index contributed by atoms with van der Waals surface area (Å²) in [5.74, 6) is 1.61. The van der Waals surface area contributed by atoms with Crippen LogP contribution in [0.15, 0.2) is 64.8 Å². The third-order valence-corrected chi connectivity index (χ3v) is 6.56. The van der Waals surface area contributed by atoms with Gasteiger partial charge in [-0.05, 0) is 43.0 Å². The summed E-state index contributed by atoms with van der Waals surface area (Å²) in [5, 5.41) is 2.79. The molecule has 1 N–H and O–H groups in total. The van der Waals surface area contributed by atoms with Gasteiger partial charge in [0.1, 0.15) is 18.5 Å². The van der Waals surface area contributed by atoms with Gasteiger partial charge in [-0.3, -0.25) is 5.32 Å². The molecule has 5 heteroatoms. The molecule has 1 fully saturated rings. The van der Waals surface area contributed by atoms with Crippen molar-refractivity contribution in [1.82, 2.24) is 0 Å². The first-order valence-corrected chi connectivity index (χ1v) is 9.83. The minimum Gasteiger partial charge on any atom is -0.467 e. The monoisotopic (exact) mass is 381 g/mol. The number of rotatable bonds is 4. The van der Waals surface area contributed by atoms with E-state index in [9.17, 15) is 4.79 Å². The van der Waals surface area contributed by atoms with Gasteiger partial charge in [0.15, 0.2) is 0 Å².